The molecule has 2 fully saturated rings. The maximum Gasteiger partial charge on any atom is 0.133 e. The Morgan fingerprint density at radius 3 is 2.65 bits per heavy atom. The summed E-state index contributed by atoms with van der Waals surface area (Å²) in [6.45, 7) is 4.57. The zero-order valence-corrected chi connectivity index (χ0v) is 22.8. The molecule has 2 saturated carbocycles. The zero-order valence-electron chi connectivity index (χ0n) is 22.8. The van der Waals surface area contributed by atoms with Crippen molar-refractivity contribution >= 4 is 24.3 Å². The van der Waals surface area contributed by atoms with Crippen molar-refractivity contribution in [3.05, 3.63) is 52.7 Å². The summed E-state index contributed by atoms with van der Waals surface area (Å²) in [5.41, 5.74) is 5.17. The van der Waals surface area contributed by atoms with Crippen LogP contribution in [-0.4, -0.2) is 25.3 Å². The Labute approximate surface area is 229 Å². The van der Waals surface area contributed by atoms with E-state index in [0.717, 1.165) is 31.6 Å². The lowest BCUT2D eigenvalue weighted by molar-refractivity contribution is -0.120. The number of Topliss-reactive ketones (excluding diaryl/α,β-unsaturated/α-hetero) is 1. The fourth-order valence-corrected chi connectivity index (χ4v) is 6.69. The molecule has 0 aromatic heterocycles. The molecule has 0 N–H and O–H groups in total. The van der Waals surface area contributed by atoms with Gasteiger partial charge in [0.05, 0.1) is 0 Å². The molecule has 2 aliphatic carbocycles. The molecule has 1 aromatic carbocycles. The lowest BCUT2D eigenvalue weighted by Gasteiger charge is -2.30. The molecule has 3 unspecified atom stereocenters. The van der Waals surface area contributed by atoms with Gasteiger partial charge < -0.3 is 0 Å². The summed E-state index contributed by atoms with van der Waals surface area (Å²) in [6, 6.07) is 8.63. The molecule has 1 aliphatic heterocycles. The summed E-state index contributed by atoms with van der Waals surface area (Å²) >= 11 is 0. The highest BCUT2D eigenvalue weighted by Crippen LogP contribution is 2.39. The second-order valence-corrected chi connectivity index (χ2v) is 11.7. The van der Waals surface area contributed by atoms with E-state index >= 15 is 0 Å². The van der Waals surface area contributed by atoms with Crippen LogP contribution in [-0.2, 0) is 11.2 Å². The Kier molecular flexibility index (Phi) is 11.5. The SMILES string of the molecule is C.CN=CC1=C(C2CCC[C@@H](CC(=O)CCc3ccccc3/C=C\C3CCCC3)C2)N=CC(C)CC1C.[HH].[HH]. The van der Waals surface area contributed by atoms with Gasteiger partial charge >= 0.3 is 0 Å². The van der Waals surface area contributed by atoms with E-state index in [-0.39, 0.29) is 10.3 Å². The van der Waals surface area contributed by atoms with E-state index in [0.29, 0.717) is 35.9 Å². The van der Waals surface area contributed by atoms with Crippen molar-refractivity contribution in [3.8, 4) is 0 Å². The van der Waals surface area contributed by atoms with Gasteiger partial charge in [-0.05, 0) is 85.3 Å². The normalized spacial score (nSPS) is 27.1. The topological polar surface area (TPSA) is 41.8 Å². The molecule has 1 aromatic rings. The molecule has 3 nitrogen and oxygen atoms in total. The quantitative estimate of drug-likeness (QED) is 0.307. The highest BCUT2D eigenvalue weighted by molar-refractivity contribution is 5.82. The molecule has 4 rings (SSSR count). The Bertz CT molecular complexity index is 1010. The first-order valence-electron chi connectivity index (χ1n) is 14.5. The van der Waals surface area contributed by atoms with Gasteiger partial charge in [-0.25, -0.2) is 0 Å². The molecule has 4 atom stereocenters. The third-order valence-corrected chi connectivity index (χ3v) is 8.65. The van der Waals surface area contributed by atoms with Crippen LogP contribution in [0.25, 0.3) is 6.08 Å². The number of carbonyl (C=O) groups is 1. The summed E-state index contributed by atoms with van der Waals surface area (Å²) in [4.78, 5) is 22.4. The lowest BCUT2D eigenvalue weighted by atomic mass is 9.76. The molecule has 1 heterocycles. The van der Waals surface area contributed by atoms with Crippen LogP contribution in [0, 0.1) is 29.6 Å². The van der Waals surface area contributed by atoms with Crippen LogP contribution in [0.5, 0.6) is 0 Å². The number of hydrogen-bond donors (Lipinski definition) is 0. The molecule has 0 spiro atoms. The maximum atomic E-state index is 13.1. The van der Waals surface area contributed by atoms with E-state index in [9.17, 15) is 4.79 Å². The highest BCUT2D eigenvalue weighted by atomic mass is 16.1. The first-order chi connectivity index (χ1) is 17.5. The molecular weight excluding hydrogens is 452 g/mol. The number of aliphatic imine (C=N–C) groups is 2. The first-order valence-corrected chi connectivity index (χ1v) is 14.5. The minimum absolute atomic E-state index is 0. The second-order valence-electron chi connectivity index (χ2n) is 11.7. The van der Waals surface area contributed by atoms with Gasteiger partial charge in [0.25, 0.3) is 0 Å². The van der Waals surface area contributed by atoms with Gasteiger partial charge in [0.1, 0.15) is 5.78 Å². The monoisotopic (exact) mass is 506 g/mol. The van der Waals surface area contributed by atoms with E-state index in [1.165, 1.54) is 67.3 Å². The summed E-state index contributed by atoms with van der Waals surface area (Å²) in [5.74, 6) is 3.07. The Morgan fingerprint density at radius 1 is 1.08 bits per heavy atom. The van der Waals surface area contributed by atoms with E-state index in [4.69, 9.17) is 4.99 Å². The molecule has 3 aliphatic rings. The number of rotatable bonds is 9. The van der Waals surface area contributed by atoms with Crippen molar-refractivity contribution in [1.82, 2.24) is 0 Å². The van der Waals surface area contributed by atoms with Gasteiger partial charge in [-0.15, -0.1) is 0 Å². The number of ketones is 1. The maximum absolute atomic E-state index is 13.1. The summed E-state index contributed by atoms with van der Waals surface area (Å²) in [6.07, 6.45) is 22.3. The van der Waals surface area contributed by atoms with Gasteiger partial charge in [-0.2, -0.15) is 0 Å². The van der Waals surface area contributed by atoms with Crippen molar-refractivity contribution < 1.29 is 7.65 Å². The van der Waals surface area contributed by atoms with E-state index < -0.39 is 0 Å². The summed E-state index contributed by atoms with van der Waals surface area (Å²) < 4.78 is 0. The Morgan fingerprint density at radius 2 is 1.86 bits per heavy atom. The van der Waals surface area contributed by atoms with Crippen LogP contribution in [0.15, 0.2) is 51.6 Å². The number of carbonyl (C=O) groups excluding carboxylic acids is 1. The molecule has 37 heavy (non-hydrogen) atoms. The van der Waals surface area contributed by atoms with Crippen LogP contribution < -0.4 is 0 Å². The third kappa shape index (κ3) is 8.35. The average Bonchev–Trinajstić information content (AvgIpc) is 3.35. The second kappa shape index (κ2) is 14.6. The predicted octanol–water partition coefficient (Wildman–Crippen LogP) is 9.42. The molecule has 206 valence electrons. The summed E-state index contributed by atoms with van der Waals surface area (Å²) in [7, 11) is 1.86. The van der Waals surface area contributed by atoms with Gasteiger partial charge in [-0.1, -0.05) is 77.0 Å². The molecule has 0 bridgehead atoms. The molecule has 0 radical (unpaired) electrons. The molecule has 0 saturated heterocycles. The van der Waals surface area contributed by atoms with Crippen LogP contribution in [0.3, 0.4) is 0 Å². The predicted molar refractivity (Wildman–Crippen MR) is 165 cm³/mol. The lowest BCUT2D eigenvalue weighted by Crippen LogP contribution is -2.21. The number of benzene rings is 1. The van der Waals surface area contributed by atoms with Crippen LogP contribution in [0.2, 0.25) is 0 Å². The number of aryl methyl sites for hydroxylation is 1. The Balaban J connectivity index is 0.00000253. The number of allylic oxidation sites excluding steroid dienone is 3. The van der Waals surface area contributed by atoms with Crippen molar-refractivity contribution in [2.24, 2.45) is 39.6 Å². The van der Waals surface area contributed by atoms with Crippen molar-refractivity contribution in [2.45, 2.75) is 98.3 Å². The zero-order chi connectivity index (χ0) is 25.3. The van der Waals surface area contributed by atoms with Crippen LogP contribution in [0.1, 0.15) is 106 Å². The minimum atomic E-state index is 0. The van der Waals surface area contributed by atoms with Crippen molar-refractivity contribution in [1.29, 1.82) is 0 Å². The van der Waals surface area contributed by atoms with E-state index in [1.54, 1.807) is 0 Å². The standard InChI is InChI=1S/C33H46N2O.CH4.2H2/c1-24-19-25(2)32(23-34-3)33(35-22-24)30-14-8-11-27(20-30)21-31(36)18-17-29-13-7-6-12-28(29)16-15-26-9-4-5-10-26;;;/h6-7,12-13,15-16,22-27,30H,4-5,8-11,14,17-21H2,1-3H3;1H4;2*1H/b16-15-,34-23?;;;/t24?,25?,27-,30?;;;/m1.../s1. The largest absolute Gasteiger partial charge is 0.300 e. The van der Waals surface area contributed by atoms with E-state index in [1.807, 2.05) is 13.3 Å². The fraction of sp³-hybridized carbons (Fsp3) is 0.618. The van der Waals surface area contributed by atoms with Crippen LogP contribution in [0.4, 0.5) is 0 Å². The van der Waals surface area contributed by atoms with Crippen molar-refractivity contribution in [2.75, 3.05) is 7.05 Å². The van der Waals surface area contributed by atoms with Gasteiger partial charge in [0, 0.05) is 46.8 Å². The number of hydrogen-bond acceptors (Lipinski definition) is 3. The minimum Gasteiger partial charge on any atom is -0.300 e. The fourth-order valence-electron chi connectivity index (χ4n) is 6.69. The van der Waals surface area contributed by atoms with Crippen molar-refractivity contribution in [3.63, 3.8) is 0 Å². The number of nitrogens with zero attached hydrogens (tertiary/aromatic N) is 2. The molecule has 3 heteroatoms. The Hall–Kier alpha value is -2.29. The molecular formula is C34H54N2O. The summed E-state index contributed by atoms with van der Waals surface area (Å²) in [5, 5.41) is 0. The van der Waals surface area contributed by atoms with E-state index in [2.05, 4.69) is 61.5 Å². The average molecular weight is 507 g/mol. The van der Waals surface area contributed by atoms with Gasteiger partial charge in [0.15, 0.2) is 0 Å². The van der Waals surface area contributed by atoms with Gasteiger partial charge in [-0.3, -0.25) is 14.8 Å². The van der Waals surface area contributed by atoms with Crippen LogP contribution >= 0.6 is 0 Å². The molecule has 0 amide bonds. The van der Waals surface area contributed by atoms with Gasteiger partial charge in [0.2, 0.25) is 0 Å². The first kappa shape index (κ1) is 29.3. The third-order valence-electron chi connectivity index (χ3n) is 8.65. The highest BCUT2D eigenvalue weighted by Gasteiger charge is 2.30. The smallest absolute Gasteiger partial charge is 0.133 e.